The van der Waals surface area contributed by atoms with Crippen LogP contribution in [0.25, 0.3) is 0 Å². The van der Waals surface area contributed by atoms with E-state index in [0.29, 0.717) is 19.4 Å². The lowest BCUT2D eigenvalue weighted by Crippen LogP contribution is -2.48. The standard InChI is InChI=1S/C15H24N2O2/c1-17(12-15(19)9-5-6-10-15)13(18)14(11-16)7-3-2-4-8-14/h19H,2-10,12H2,1H3. The van der Waals surface area contributed by atoms with Gasteiger partial charge in [0.2, 0.25) is 5.91 Å². The number of amides is 1. The van der Waals surface area contributed by atoms with Crippen LogP contribution in [0.1, 0.15) is 57.8 Å². The summed E-state index contributed by atoms with van der Waals surface area (Å²) in [6.07, 6.45) is 7.97. The summed E-state index contributed by atoms with van der Waals surface area (Å²) >= 11 is 0. The first-order valence-electron chi connectivity index (χ1n) is 7.41. The maximum absolute atomic E-state index is 12.6. The molecule has 0 unspecified atom stereocenters. The molecule has 0 saturated heterocycles. The summed E-state index contributed by atoms with van der Waals surface area (Å²) < 4.78 is 0. The van der Waals surface area contributed by atoms with Gasteiger partial charge in [-0.25, -0.2) is 0 Å². The largest absolute Gasteiger partial charge is 0.388 e. The molecule has 0 spiro atoms. The molecule has 19 heavy (non-hydrogen) atoms. The van der Waals surface area contributed by atoms with Crippen LogP contribution >= 0.6 is 0 Å². The maximum Gasteiger partial charge on any atom is 0.242 e. The highest BCUT2D eigenvalue weighted by atomic mass is 16.3. The van der Waals surface area contributed by atoms with Crippen molar-refractivity contribution in [2.75, 3.05) is 13.6 Å². The topological polar surface area (TPSA) is 64.3 Å². The summed E-state index contributed by atoms with van der Waals surface area (Å²) in [6, 6.07) is 2.26. The number of aliphatic hydroxyl groups is 1. The van der Waals surface area contributed by atoms with Gasteiger partial charge in [0.05, 0.1) is 11.7 Å². The molecule has 1 N–H and O–H groups in total. The van der Waals surface area contributed by atoms with E-state index in [9.17, 15) is 15.2 Å². The molecule has 2 rings (SSSR count). The smallest absolute Gasteiger partial charge is 0.242 e. The number of hydrogen-bond acceptors (Lipinski definition) is 3. The molecular weight excluding hydrogens is 240 g/mol. The molecular formula is C15H24N2O2. The first-order valence-corrected chi connectivity index (χ1v) is 7.41. The van der Waals surface area contributed by atoms with Gasteiger partial charge in [-0.1, -0.05) is 32.1 Å². The van der Waals surface area contributed by atoms with Crippen LogP contribution in [0.4, 0.5) is 0 Å². The third-order valence-electron chi connectivity index (χ3n) is 4.74. The molecule has 0 radical (unpaired) electrons. The van der Waals surface area contributed by atoms with Crippen molar-refractivity contribution in [2.24, 2.45) is 5.41 Å². The van der Waals surface area contributed by atoms with Crippen LogP contribution in [0.2, 0.25) is 0 Å². The van der Waals surface area contributed by atoms with E-state index in [1.165, 1.54) is 0 Å². The molecule has 2 aliphatic carbocycles. The van der Waals surface area contributed by atoms with Gasteiger partial charge < -0.3 is 10.0 Å². The Hall–Kier alpha value is -1.08. The van der Waals surface area contributed by atoms with Crippen LogP contribution < -0.4 is 0 Å². The van der Waals surface area contributed by atoms with Crippen molar-refractivity contribution >= 4 is 5.91 Å². The van der Waals surface area contributed by atoms with Crippen LogP contribution in [-0.2, 0) is 4.79 Å². The van der Waals surface area contributed by atoms with Gasteiger partial charge >= 0.3 is 0 Å². The molecule has 4 heteroatoms. The van der Waals surface area contributed by atoms with Crippen molar-refractivity contribution in [1.29, 1.82) is 5.26 Å². The Balaban J connectivity index is 2.03. The Kier molecular flexibility index (Phi) is 4.15. The van der Waals surface area contributed by atoms with E-state index >= 15 is 0 Å². The van der Waals surface area contributed by atoms with Crippen LogP contribution in [0.5, 0.6) is 0 Å². The van der Waals surface area contributed by atoms with Gasteiger partial charge in [-0.15, -0.1) is 0 Å². The zero-order valence-corrected chi connectivity index (χ0v) is 11.8. The minimum atomic E-state index is -0.831. The zero-order chi connectivity index (χ0) is 13.9. The number of hydrogen-bond donors (Lipinski definition) is 1. The van der Waals surface area contributed by atoms with Crippen molar-refractivity contribution in [3.8, 4) is 6.07 Å². The van der Waals surface area contributed by atoms with Crippen molar-refractivity contribution in [1.82, 2.24) is 4.90 Å². The van der Waals surface area contributed by atoms with Crippen molar-refractivity contribution < 1.29 is 9.90 Å². The fourth-order valence-electron chi connectivity index (χ4n) is 3.60. The molecule has 2 saturated carbocycles. The average molecular weight is 264 g/mol. The summed E-state index contributed by atoms with van der Waals surface area (Å²) in [6.45, 7) is 0.370. The predicted octanol–water partition coefficient (Wildman–Crippen LogP) is 2.22. The van der Waals surface area contributed by atoms with Gasteiger partial charge in [-0.3, -0.25) is 4.79 Å². The monoisotopic (exact) mass is 264 g/mol. The molecule has 0 atom stereocenters. The molecule has 106 valence electrons. The molecule has 1 amide bonds. The van der Waals surface area contributed by atoms with Gasteiger partial charge in [-0.05, 0) is 25.7 Å². The second kappa shape index (κ2) is 5.50. The zero-order valence-electron chi connectivity index (χ0n) is 11.8. The Labute approximate surface area is 115 Å². The predicted molar refractivity (Wildman–Crippen MR) is 72.2 cm³/mol. The van der Waals surface area contributed by atoms with Crippen LogP contribution in [0.3, 0.4) is 0 Å². The molecule has 2 aliphatic rings. The minimum Gasteiger partial charge on any atom is -0.388 e. The average Bonchev–Trinajstić information content (AvgIpc) is 2.85. The number of nitriles is 1. The quantitative estimate of drug-likeness (QED) is 0.850. The third kappa shape index (κ3) is 2.92. The fourth-order valence-corrected chi connectivity index (χ4v) is 3.60. The van der Waals surface area contributed by atoms with E-state index < -0.39 is 11.0 Å². The summed E-state index contributed by atoms with van der Waals surface area (Å²) in [7, 11) is 1.73. The van der Waals surface area contributed by atoms with E-state index in [4.69, 9.17) is 0 Å². The molecule has 0 aromatic heterocycles. The van der Waals surface area contributed by atoms with Crippen LogP contribution in [0.15, 0.2) is 0 Å². The second-order valence-corrected chi connectivity index (χ2v) is 6.35. The van der Waals surface area contributed by atoms with Crippen molar-refractivity contribution in [2.45, 2.75) is 63.4 Å². The highest BCUT2D eigenvalue weighted by Crippen LogP contribution is 2.38. The Bertz CT molecular complexity index is 374. The van der Waals surface area contributed by atoms with E-state index in [1.54, 1.807) is 11.9 Å². The van der Waals surface area contributed by atoms with E-state index in [1.807, 2.05) is 0 Å². The van der Waals surface area contributed by atoms with E-state index in [-0.39, 0.29) is 5.91 Å². The lowest BCUT2D eigenvalue weighted by molar-refractivity contribution is -0.142. The Morgan fingerprint density at radius 2 is 1.68 bits per heavy atom. The molecule has 0 aromatic carbocycles. The number of carbonyl (C=O) groups excluding carboxylic acids is 1. The summed E-state index contributed by atoms with van der Waals surface area (Å²) in [5.41, 5.74) is -1.56. The van der Waals surface area contributed by atoms with Crippen molar-refractivity contribution in [3.05, 3.63) is 0 Å². The second-order valence-electron chi connectivity index (χ2n) is 6.35. The van der Waals surface area contributed by atoms with Crippen molar-refractivity contribution in [3.63, 3.8) is 0 Å². The first-order chi connectivity index (χ1) is 9.01. The Morgan fingerprint density at radius 3 is 2.21 bits per heavy atom. The maximum atomic E-state index is 12.6. The van der Waals surface area contributed by atoms with Gasteiger partial charge in [-0.2, -0.15) is 5.26 Å². The normalized spacial score (nSPS) is 24.7. The van der Waals surface area contributed by atoms with E-state index in [2.05, 4.69) is 6.07 Å². The molecule has 4 nitrogen and oxygen atoms in total. The van der Waals surface area contributed by atoms with E-state index in [0.717, 1.165) is 44.9 Å². The highest BCUT2D eigenvalue weighted by Gasteiger charge is 2.43. The fraction of sp³-hybridized carbons (Fsp3) is 0.867. The van der Waals surface area contributed by atoms with Crippen LogP contribution in [0, 0.1) is 16.7 Å². The third-order valence-corrected chi connectivity index (χ3v) is 4.74. The summed E-state index contributed by atoms with van der Waals surface area (Å²) in [5.74, 6) is -0.0879. The number of nitrogens with zero attached hydrogens (tertiary/aromatic N) is 2. The number of carbonyl (C=O) groups is 1. The molecule has 0 heterocycles. The minimum absolute atomic E-state index is 0.0879. The molecule has 0 bridgehead atoms. The van der Waals surface area contributed by atoms with Gasteiger partial charge in [0.25, 0.3) is 0 Å². The van der Waals surface area contributed by atoms with Gasteiger partial charge in [0.1, 0.15) is 5.41 Å². The number of rotatable bonds is 3. The highest BCUT2D eigenvalue weighted by molar-refractivity contribution is 5.85. The van der Waals surface area contributed by atoms with Gasteiger partial charge in [0.15, 0.2) is 0 Å². The molecule has 0 aliphatic heterocycles. The Morgan fingerprint density at radius 1 is 1.16 bits per heavy atom. The number of likely N-dealkylation sites (N-methyl/N-ethyl adjacent to an activating group) is 1. The summed E-state index contributed by atoms with van der Waals surface area (Å²) in [5, 5.41) is 19.8. The van der Waals surface area contributed by atoms with Gasteiger partial charge in [0, 0.05) is 13.6 Å². The SMILES string of the molecule is CN(CC1(O)CCCC1)C(=O)C1(C#N)CCCCC1. The molecule has 2 fully saturated rings. The summed E-state index contributed by atoms with van der Waals surface area (Å²) in [4.78, 5) is 14.2. The lowest BCUT2D eigenvalue weighted by Gasteiger charge is -2.36. The first kappa shape index (κ1) is 14.3. The van der Waals surface area contributed by atoms with Crippen LogP contribution in [-0.4, -0.2) is 35.1 Å². The molecule has 0 aromatic rings. The lowest BCUT2D eigenvalue weighted by atomic mass is 9.74.